The number of nitrogens with one attached hydrogen (secondary N) is 2. The third-order valence-corrected chi connectivity index (χ3v) is 4.77. The summed E-state index contributed by atoms with van der Waals surface area (Å²) in [6, 6.07) is 10.1. The average Bonchev–Trinajstić information content (AvgIpc) is 3.36. The van der Waals surface area contributed by atoms with Crippen LogP contribution in [0.3, 0.4) is 0 Å². The van der Waals surface area contributed by atoms with E-state index in [0.717, 1.165) is 24.2 Å². The molecule has 2 aromatic rings. The quantitative estimate of drug-likeness (QED) is 0.768. The molecule has 7 heteroatoms. The third-order valence-electron chi connectivity index (χ3n) is 4.77. The van der Waals surface area contributed by atoms with Crippen LogP contribution in [0.4, 0.5) is 5.69 Å². The van der Waals surface area contributed by atoms with E-state index in [0.29, 0.717) is 13.0 Å². The van der Waals surface area contributed by atoms with Crippen molar-refractivity contribution in [3.63, 3.8) is 0 Å². The largest absolute Gasteiger partial charge is 0.459 e. The van der Waals surface area contributed by atoms with Crippen LogP contribution in [0.5, 0.6) is 0 Å². The van der Waals surface area contributed by atoms with Crippen molar-refractivity contribution in [3.8, 4) is 0 Å². The molecule has 2 heterocycles. The van der Waals surface area contributed by atoms with E-state index in [2.05, 4.69) is 10.6 Å². The molecule has 0 spiro atoms. The summed E-state index contributed by atoms with van der Waals surface area (Å²) in [5.41, 5.74) is 1.80. The van der Waals surface area contributed by atoms with Gasteiger partial charge in [-0.15, -0.1) is 0 Å². The first-order valence-corrected chi connectivity index (χ1v) is 9.47. The lowest BCUT2D eigenvalue weighted by Crippen LogP contribution is -2.49. The van der Waals surface area contributed by atoms with E-state index in [1.165, 1.54) is 6.26 Å². The first-order chi connectivity index (χ1) is 13.5. The normalized spacial score (nSPS) is 15.0. The van der Waals surface area contributed by atoms with Gasteiger partial charge in [0.25, 0.3) is 5.91 Å². The molecule has 1 aliphatic rings. The minimum absolute atomic E-state index is 0.0810. The lowest BCUT2D eigenvalue weighted by Gasteiger charge is -2.21. The van der Waals surface area contributed by atoms with Crippen molar-refractivity contribution in [2.75, 3.05) is 11.4 Å². The van der Waals surface area contributed by atoms with Crippen molar-refractivity contribution >= 4 is 23.4 Å². The summed E-state index contributed by atoms with van der Waals surface area (Å²) in [4.78, 5) is 38.3. The summed E-state index contributed by atoms with van der Waals surface area (Å²) >= 11 is 0. The second-order valence-electron chi connectivity index (χ2n) is 7.21. The topological polar surface area (TPSA) is 91.7 Å². The van der Waals surface area contributed by atoms with Gasteiger partial charge in [0.15, 0.2) is 5.76 Å². The molecule has 148 valence electrons. The lowest BCUT2D eigenvalue weighted by molar-refractivity contribution is -0.124. The van der Waals surface area contributed by atoms with Crippen LogP contribution in [0.25, 0.3) is 0 Å². The number of carbonyl (C=O) groups is 3. The SMILES string of the molecule is CC(C)C(NC(=O)c1ccco1)C(=O)NCc1ccc(N2CCCC2=O)cc1. The number of benzene rings is 1. The van der Waals surface area contributed by atoms with Gasteiger partial charge in [-0.25, -0.2) is 0 Å². The highest BCUT2D eigenvalue weighted by molar-refractivity contribution is 5.96. The summed E-state index contributed by atoms with van der Waals surface area (Å²) in [6.45, 7) is 4.83. The fraction of sp³-hybridized carbons (Fsp3) is 0.381. The highest BCUT2D eigenvalue weighted by Gasteiger charge is 2.25. The molecule has 0 aliphatic carbocycles. The zero-order valence-corrected chi connectivity index (χ0v) is 16.1. The Kier molecular flexibility index (Phi) is 6.13. The molecule has 1 unspecified atom stereocenters. The number of hydrogen-bond acceptors (Lipinski definition) is 4. The molecule has 0 saturated carbocycles. The third kappa shape index (κ3) is 4.60. The maximum absolute atomic E-state index is 12.6. The first kappa shape index (κ1) is 19.7. The predicted octanol–water partition coefficient (Wildman–Crippen LogP) is 2.48. The summed E-state index contributed by atoms with van der Waals surface area (Å²) in [7, 11) is 0. The Bertz CT molecular complexity index is 828. The van der Waals surface area contributed by atoms with Crippen molar-refractivity contribution in [3.05, 3.63) is 54.0 Å². The van der Waals surface area contributed by atoms with Gasteiger partial charge in [0, 0.05) is 25.2 Å². The fourth-order valence-corrected chi connectivity index (χ4v) is 3.17. The Hall–Kier alpha value is -3.09. The molecular formula is C21H25N3O4. The minimum Gasteiger partial charge on any atom is -0.459 e. The predicted molar refractivity (Wildman–Crippen MR) is 105 cm³/mol. The maximum Gasteiger partial charge on any atom is 0.287 e. The molecule has 1 saturated heterocycles. The van der Waals surface area contributed by atoms with Crippen LogP contribution in [0.15, 0.2) is 47.1 Å². The molecule has 0 bridgehead atoms. The molecule has 3 amide bonds. The van der Waals surface area contributed by atoms with E-state index in [-0.39, 0.29) is 23.5 Å². The van der Waals surface area contributed by atoms with Gasteiger partial charge in [0.1, 0.15) is 6.04 Å². The Morgan fingerprint density at radius 3 is 2.50 bits per heavy atom. The molecule has 7 nitrogen and oxygen atoms in total. The molecule has 1 aromatic carbocycles. The zero-order valence-electron chi connectivity index (χ0n) is 16.1. The van der Waals surface area contributed by atoms with Crippen LogP contribution < -0.4 is 15.5 Å². The van der Waals surface area contributed by atoms with Gasteiger partial charge < -0.3 is 20.0 Å². The number of amides is 3. The van der Waals surface area contributed by atoms with Gasteiger partial charge in [0.2, 0.25) is 11.8 Å². The summed E-state index contributed by atoms with van der Waals surface area (Å²) in [6.07, 6.45) is 2.90. The Morgan fingerprint density at radius 2 is 1.93 bits per heavy atom. The lowest BCUT2D eigenvalue weighted by atomic mass is 10.0. The van der Waals surface area contributed by atoms with Gasteiger partial charge in [-0.2, -0.15) is 0 Å². The summed E-state index contributed by atoms with van der Waals surface area (Å²) in [5.74, 6) is -0.437. The smallest absolute Gasteiger partial charge is 0.287 e. The van der Waals surface area contributed by atoms with Crippen LogP contribution in [0.2, 0.25) is 0 Å². The first-order valence-electron chi connectivity index (χ1n) is 9.47. The Labute approximate surface area is 164 Å². The average molecular weight is 383 g/mol. The molecule has 0 radical (unpaired) electrons. The van der Waals surface area contributed by atoms with Crippen LogP contribution in [0.1, 0.15) is 42.8 Å². The second kappa shape index (κ2) is 8.73. The van der Waals surface area contributed by atoms with Crippen LogP contribution >= 0.6 is 0 Å². The number of carbonyl (C=O) groups excluding carboxylic acids is 3. The number of anilines is 1. The molecular weight excluding hydrogens is 358 g/mol. The monoisotopic (exact) mass is 383 g/mol. The van der Waals surface area contributed by atoms with E-state index in [4.69, 9.17) is 4.42 Å². The molecule has 28 heavy (non-hydrogen) atoms. The molecule has 1 atom stereocenters. The van der Waals surface area contributed by atoms with E-state index in [1.807, 2.05) is 38.1 Å². The van der Waals surface area contributed by atoms with Crippen molar-refractivity contribution in [1.29, 1.82) is 0 Å². The molecule has 1 fully saturated rings. The standard InChI is InChI=1S/C21H25N3O4/c1-14(2)19(23-20(26)17-5-4-12-28-17)21(27)22-13-15-7-9-16(10-8-15)24-11-3-6-18(24)25/h4-5,7-10,12,14,19H,3,6,11,13H2,1-2H3,(H,22,27)(H,23,26). The van der Waals surface area contributed by atoms with E-state index < -0.39 is 11.9 Å². The molecule has 3 rings (SSSR count). The Morgan fingerprint density at radius 1 is 1.18 bits per heavy atom. The highest BCUT2D eigenvalue weighted by Crippen LogP contribution is 2.21. The fourth-order valence-electron chi connectivity index (χ4n) is 3.17. The molecule has 1 aliphatic heterocycles. The number of furan rings is 1. The highest BCUT2D eigenvalue weighted by atomic mass is 16.3. The number of rotatable bonds is 7. The minimum atomic E-state index is -0.668. The Balaban J connectivity index is 1.56. The molecule has 1 aromatic heterocycles. The van der Waals surface area contributed by atoms with Crippen molar-refractivity contribution in [2.45, 2.75) is 39.3 Å². The zero-order chi connectivity index (χ0) is 20.1. The van der Waals surface area contributed by atoms with Gasteiger partial charge in [0.05, 0.1) is 6.26 Å². The van der Waals surface area contributed by atoms with Gasteiger partial charge in [-0.05, 0) is 42.2 Å². The number of hydrogen-bond donors (Lipinski definition) is 2. The number of nitrogens with zero attached hydrogens (tertiary/aromatic N) is 1. The summed E-state index contributed by atoms with van der Waals surface area (Å²) < 4.78 is 5.07. The van der Waals surface area contributed by atoms with E-state index in [1.54, 1.807) is 17.0 Å². The van der Waals surface area contributed by atoms with E-state index in [9.17, 15) is 14.4 Å². The van der Waals surface area contributed by atoms with Crippen LogP contribution in [-0.2, 0) is 16.1 Å². The molecule has 2 N–H and O–H groups in total. The summed E-state index contributed by atoms with van der Waals surface area (Å²) in [5, 5.41) is 5.58. The van der Waals surface area contributed by atoms with Crippen LogP contribution in [-0.4, -0.2) is 30.3 Å². The van der Waals surface area contributed by atoms with Gasteiger partial charge >= 0.3 is 0 Å². The second-order valence-corrected chi connectivity index (χ2v) is 7.21. The maximum atomic E-state index is 12.6. The van der Waals surface area contributed by atoms with Gasteiger partial charge in [-0.3, -0.25) is 14.4 Å². The van der Waals surface area contributed by atoms with Crippen LogP contribution in [0, 0.1) is 5.92 Å². The van der Waals surface area contributed by atoms with Crippen molar-refractivity contribution < 1.29 is 18.8 Å². The van der Waals surface area contributed by atoms with Crippen molar-refractivity contribution in [1.82, 2.24) is 10.6 Å². The van der Waals surface area contributed by atoms with Crippen molar-refractivity contribution in [2.24, 2.45) is 5.92 Å². The van der Waals surface area contributed by atoms with E-state index >= 15 is 0 Å². The van der Waals surface area contributed by atoms with Gasteiger partial charge in [-0.1, -0.05) is 26.0 Å².